The first-order chi connectivity index (χ1) is 13.9. The van der Waals surface area contributed by atoms with E-state index in [0.717, 1.165) is 15.6 Å². The van der Waals surface area contributed by atoms with Gasteiger partial charge < -0.3 is 9.73 Å². The van der Waals surface area contributed by atoms with E-state index in [9.17, 15) is 9.59 Å². The second kappa shape index (κ2) is 9.54. The highest BCUT2D eigenvalue weighted by Crippen LogP contribution is 2.30. The lowest BCUT2D eigenvalue weighted by atomic mass is 10.1. The number of hydrazone groups is 1. The molecule has 2 N–H and O–H groups in total. The highest BCUT2D eigenvalue weighted by molar-refractivity contribution is 9.10. The fraction of sp³-hybridized carbons (Fsp3) is 0.0952. The average Bonchev–Trinajstić information content (AvgIpc) is 3.15. The van der Waals surface area contributed by atoms with Crippen molar-refractivity contribution in [1.82, 2.24) is 10.7 Å². The van der Waals surface area contributed by atoms with E-state index in [4.69, 9.17) is 16.0 Å². The first kappa shape index (κ1) is 20.8. The van der Waals surface area contributed by atoms with Crippen molar-refractivity contribution in [2.75, 3.05) is 6.54 Å². The number of halogens is 2. The minimum atomic E-state index is -0.477. The van der Waals surface area contributed by atoms with Crippen LogP contribution in [0.2, 0.25) is 5.02 Å². The summed E-state index contributed by atoms with van der Waals surface area (Å²) in [6.45, 7) is 1.77. The van der Waals surface area contributed by atoms with Crippen LogP contribution >= 0.6 is 27.5 Å². The van der Waals surface area contributed by atoms with Crippen LogP contribution in [-0.4, -0.2) is 24.6 Å². The first-order valence-corrected chi connectivity index (χ1v) is 9.82. The maximum atomic E-state index is 12.0. The molecule has 2 aromatic carbocycles. The number of carbonyl (C=O) groups is 2. The molecule has 0 radical (unpaired) electrons. The highest BCUT2D eigenvalue weighted by atomic mass is 79.9. The maximum absolute atomic E-state index is 12.0. The third-order valence-corrected chi connectivity index (χ3v) is 4.91. The second-order valence-corrected chi connectivity index (χ2v) is 7.40. The smallest absolute Gasteiger partial charge is 0.259 e. The lowest BCUT2D eigenvalue weighted by molar-refractivity contribution is -0.120. The molecule has 1 aromatic heterocycles. The van der Waals surface area contributed by atoms with Gasteiger partial charge in [0.2, 0.25) is 0 Å². The summed E-state index contributed by atoms with van der Waals surface area (Å²) in [5, 5.41) is 6.65. The molecule has 0 saturated heterocycles. The molecule has 1 heterocycles. The van der Waals surface area contributed by atoms with E-state index >= 15 is 0 Å². The van der Waals surface area contributed by atoms with Crippen LogP contribution in [0.25, 0.3) is 11.3 Å². The molecule has 3 rings (SSSR count). The molecule has 0 aliphatic heterocycles. The molecule has 6 nitrogen and oxygen atoms in total. The Hall–Kier alpha value is -2.90. The summed E-state index contributed by atoms with van der Waals surface area (Å²) < 4.78 is 6.66. The SMILES string of the molecule is Cc1ccc(-c2ccc(/C=N\NC(=O)CNC(=O)c3ccccc3Cl)o2)c(Br)c1. The van der Waals surface area contributed by atoms with E-state index < -0.39 is 11.8 Å². The van der Waals surface area contributed by atoms with Crippen molar-refractivity contribution >= 4 is 45.6 Å². The molecule has 2 amide bonds. The van der Waals surface area contributed by atoms with Gasteiger partial charge in [0.15, 0.2) is 0 Å². The zero-order chi connectivity index (χ0) is 20.8. The van der Waals surface area contributed by atoms with Crippen molar-refractivity contribution in [2.45, 2.75) is 6.92 Å². The van der Waals surface area contributed by atoms with Gasteiger partial charge in [0, 0.05) is 10.0 Å². The van der Waals surface area contributed by atoms with Gasteiger partial charge in [-0.15, -0.1) is 0 Å². The Kier molecular flexibility index (Phi) is 6.85. The topological polar surface area (TPSA) is 83.7 Å². The Morgan fingerprint density at radius 2 is 1.97 bits per heavy atom. The third kappa shape index (κ3) is 5.56. The van der Waals surface area contributed by atoms with Gasteiger partial charge in [-0.1, -0.05) is 45.7 Å². The number of hydrogen-bond acceptors (Lipinski definition) is 4. The van der Waals surface area contributed by atoms with Crippen LogP contribution in [0.15, 0.2) is 68.6 Å². The summed E-state index contributed by atoms with van der Waals surface area (Å²) in [7, 11) is 0. The molecule has 0 saturated carbocycles. The largest absolute Gasteiger partial charge is 0.455 e. The normalized spacial score (nSPS) is 10.9. The van der Waals surface area contributed by atoms with Gasteiger partial charge in [0.05, 0.1) is 23.3 Å². The minimum Gasteiger partial charge on any atom is -0.455 e. The monoisotopic (exact) mass is 473 g/mol. The number of furan rings is 1. The third-order valence-electron chi connectivity index (χ3n) is 3.93. The van der Waals surface area contributed by atoms with E-state index in [1.54, 1.807) is 30.3 Å². The van der Waals surface area contributed by atoms with E-state index in [-0.39, 0.29) is 6.54 Å². The number of carbonyl (C=O) groups excluding carboxylic acids is 2. The molecular weight excluding hydrogens is 458 g/mol. The Bertz CT molecular complexity index is 1080. The van der Waals surface area contributed by atoms with Gasteiger partial charge in [-0.2, -0.15) is 5.10 Å². The van der Waals surface area contributed by atoms with E-state index in [1.165, 1.54) is 6.21 Å². The predicted octanol–water partition coefficient (Wildman–Crippen LogP) is 4.55. The van der Waals surface area contributed by atoms with Gasteiger partial charge in [-0.25, -0.2) is 5.43 Å². The van der Waals surface area contributed by atoms with Crippen molar-refractivity contribution < 1.29 is 14.0 Å². The minimum absolute atomic E-state index is 0.235. The number of benzene rings is 2. The Balaban J connectivity index is 1.52. The quantitative estimate of drug-likeness (QED) is 0.406. The molecule has 0 unspecified atom stereocenters. The second-order valence-electron chi connectivity index (χ2n) is 6.14. The fourth-order valence-electron chi connectivity index (χ4n) is 2.50. The number of amides is 2. The average molecular weight is 475 g/mol. The van der Waals surface area contributed by atoms with Crippen molar-refractivity contribution in [3.8, 4) is 11.3 Å². The standard InChI is InChI=1S/C21H17BrClN3O3/c1-13-6-8-15(17(22)10-13)19-9-7-14(29-19)11-25-26-20(27)12-24-21(28)16-4-2-3-5-18(16)23/h2-11H,12H2,1H3,(H,24,28)(H,26,27)/b25-11-. The molecule has 0 fully saturated rings. The van der Waals surface area contributed by atoms with Gasteiger partial charge in [-0.3, -0.25) is 9.59 Å². The summed E-state index contributed by atoms with van der Waals surface area (Å²) in [4.78, 5) is 23.9. The molecule has 3 aromatic rings. The molecule has 0 spiro atoms. The molecule has 0 atom stereocenters. The van der Waals surface area contributed by atoms with Crippen LogP contribution in [0.1, 0.15) is 21.7 Å². The van der Waals surface area contributed by atoms with Crippen LogP contribution < -0.4 is 10.7 Å². The molecular formula is C21H17BrClN3O3. The lowest BCUT2D eigenvalue weighted by Gasteiger charge is -2.05. The van der Waals surface area contributed by atoms with E-state index in [1.807, 2.05) is 31.2 Å². The van der Waals surface area contributed by atoms with E-state index in [0.29, 0.717) is 22.1 Å². The van der Waals surface area contributed by atoms with Crippen LogP contribution in [0.5, 0.6) is 0 Å². The Labute approximate surface area is 181 Å². The Morgan fingerprint density at radius 1 is 1.17 bits per heavy atom. The summed E-state index contributed by atoms with van der Waals surface area (Å²) >= 11 is 9.47. The zero-order valence-electron chi connectivity index (χ0n) is 15.4. The van der Waals surface area contributed by atoms with Crippen molar-refractivity contribution in [1.29, 1.82) is 0 Å². The maximum Gasteiger partial charge on any atom is 0.259 e. The molecule has 0 aliphatic carbocycles. The molecule has 8 heteroatoms. The molecule has 0 aliphatic rings. The van der Waals surface area contributed by atoms with Crippen molar-refractivity contribution in [2.24, 2.45) is 5.10 Å². The summed E-state index contributed by atoms with van der Waals surface area (Å²) in [5.74, 6) is 0.244. The number of hydrogen-bond donors (Lipinski definition) is 2. The van der Waals surface area contributed by atoms with Gasteiger partial charge in [0.25, 0.3) is 11.8 Å². The predicted molar refractivity (Wildman–Crippen MR) is 116 cm³/mol. The Morgan fingerprint density at radius 3 is 2.72 bits per heavy atom. The number of nitrogens with zero attached hydrogens (tertiary/aromatic N) is 1. The molecule has 0 bridgehead atoms. The number of nitrogens with one attached hydrogen (secondary N) is 2. The van der Waals surface area contributed by atoms with Crippen LogP contribution in [0.4, 0.5) is 0 Å². The zero-order valence-corrected chi connectivity index (χ0v) is 17.8. The highest BCUT2D eigenvalue weighted by Gasteiger charge is 2.11. The summed E-state index contributed by atoms with van der Waals surface area (Å²) in [6, 6.07) is 16.1. The van der Waals surface area contributed by atoms with Crippen LogP contribution in [0, 0.1) is 6.92 Å². The van der Waals surface area contributed by atoms with Crippen LogP contribution in [-0.2, 0) is 4.79 Å². The van der Waals surface area contributed by atoms with Gasteiger partial charge in [-0.05, 0) is 48.9 Å². The fourth-order valence-corrected chi connectivity index (χ4v) is 3.41. The molecule has 148 valence electrons. The van der Waals surface area contributed by atoms with Gasteiger partial charge >= 0.3 is 0 Å². The van der Waals surface area contributed by atoms with Crippen molar-refractivity contribution in [3.63, 3.8) is 0 Å². The summed E-state index contributed by atoms with van der Waals surface area (Å²) in [6.07, 6.45) is 1.39. The number of rotatable bonds is 6. The lowest BCUT2D eigenvalue weighted by Crippen LogP contribution is -2.35. The molecule has 29 heavy (non-hydrogen) atoms. The van der Waals surface area contributed by atoms with Gasteiger partial charge in [0.1, 0.15) is 11.5 Å². The first-order valence-electron chi connectivity index (χ1n) is 8.65. The summed E-state index contributed by atoms with van der Waals surface area (Å²) in [5.41, 5.74) is 4.69. The van der Waals surface area contributed by atoms with Crippen molar-refractivity contribution in [3.05, 3.63) is 81.0 Å². The van der Waals surface area contributed by atoms with Crippen LogP contribution in [0.3, 0.4) is 0 Å². The number of aryl methyl sites for hydroxylation is 1. The van der Waals surface area contributed by atoms with E-state index in [2.05, 4.69) is 31.8 Å².